The lowest BCUT2D eigenvalue weighted by molar-refractivity contribution is -0.143. The first-order valence-electron chi connectivity index (χ1n) is 17.5. The predicted molar refractivity (Wildman–Crippen MR) is 182 cm³/mol. The van der Waals surface area contributed by atoms with Crippen molar-refractivity contribution in [3.8, 4) is 0 Å². The number of piperazine rings is 1. The number of benzene rings is 2. The molecular weight excluding hydrogens is 592 g/mol. The number of rotatable bonds is 7. The fourth-order valence-electron chi connectivity index (χ4n) is 8.22. The Morgan fingerprint density at radius 1 is 0.915 bits per heavy atom. The van der Waals surface area contributed by atoms with Gasteiger partial charge in [0.15, 0.2) is 0 Å². The number of aryl methyl sites for hydroxylation is 1. The Morgan fingerprint density at radius 3 is 2.43 bits per heavy atom. The van der Waals surface area contributed by atoms with Gasteiger partial charge in [-0.05, 0) is 74.3 Å². The van der Waals surface area contributed by atoms with E-state index in [-0.39, 0.29) is 30.3 Å². The van der Waals surface area contributed by atoms with Crippen molar-refractivity contribution in [3.63, 3.8) is 0 Å². The zero-order chi connectivity index (χ0) is 32.3. The third-order valence-electron chi connectivity index (χ3n) is 10.9. The van der Waals surface area contributed by atoms with Crippen LogP contribution in [0.3, 0.4) is 0 Å². The van der Waals surface area contributed by atoms with Crippen molar-refractivity contribution in [1.29, 1.82) is 0 Å². The van der Waals surface area contributed by atoms with Crippen molar-refractivity contribution in [1.82, 2.24) is 35.1 Å². The van der Waals surface area contributed by atoms with Crippen LogP contribution in [-0.2, 0) is 22.4 Å². The van der Waals surface area contributed by atoms with Crippen LogP contribution in [0.15, 0.2) is 42.6 Å². The Kier molecular flexibility index (Phi) is 9.44. The molecule has 3 fully saturated rings. The quantitative estimate of drug-likeness (QED) is 0.365. The second-order valence-electron chi connectivity index (χ2n) is 13.8. The number of aromatic nitrogens is 2. The number of nitrogens with one attached hydrogen (secondary N) is 3. The molecule has 1 aromatic heterocycles. The molecule has 3 saturated heterocycles. The van der Waals surface area contributed by atoms with Gasteiger partial charge < -0.3 is 25.3 Å². The van der Waals surface area contributed by atoms with Crippen molar-refractivity contribution in [2.24, 2.45) is 5.92 Å². The van der Waals surface area contributed by atoms with Gasteiger partial charge in [0.05, 0.1) is 17.6 Å². The molecule has 0 aliphatic carbocycles. The Labute approximate surface area is 277 Å². The van der Waals surface area contributed by atoms with Gasteiger partial charge in [-0.25, -0.2) is 4.79 Å². The summed E-state index contributed by atoms with van der Waals surface area (Å²) in [5.41, 5.74) is 5.20. The van der Waals surface area contributed by atoms with Gasteiger partial charge in [-0.3, -0.25) is 19.6 Å². The molecule has 0 saturated carbocycles. The highest BCUT2D eigenvalue weighted by Gasteiger charge is 2.35. The van der Waals surface area contributed by atoms with Crippen LogP contribution < -0.4 is 10.6 Å². The summed E-state index contributed by atoms with van der Waals surface area (Å²) in [6, 6.07) is 12.8. The van der Waals surface area contributed by atoms with E-state index >= 15 is 0 Å². The van der Waals surface area contributed by atoms with Crippen molar-refractivity contribution >= 4 is 34.4 Å². The number of piperidine rings is 2. The summed E-state index contributed by atoms with van der Waals surface area (Å²) in [6.45, 7) is 9.59. The highest BCUT2D eigenvalue weighted by Crippen LogP contribution is 2.28. The van der Waals surface area contributed by atoms with E-state index in [2.05, 4.69) is 50.9 Å². The van der Waals surface area contributed by atoms with Gasteiger partial charge in [0.25, 0.3) is 0 Å². The standard InChI is InChI=1S/C36H48N8O3/c1-25-20-26(22-29-24-38-40-34(25)29)21-28(35(46)43-15-7-30(8-16-43)41-18-11-37-12-19-41)23-33(45)42-13-9-31(10-14-42)44-17-6-27-4-2-3-5-32(27)39-36(44)47/h2-5,20,22,24,28,30-31,37H,6-19,21,23H2,1H3,(H,38,40)(H,39,47). The number of para-hydroxylation sites is 1. The van der Waals surface area contributed by atoms with E-state index in [1.807, 2.05) is 39.1 Å². The van der Waals surface area contributed by atoms with Crippen LogP contribution in [0.5, 0.6) is 0 Å². The van der Waals surface area contributed by atoms with Gasteiger partial charge in [0.2, 0.25) is 11.8 Å². The van der Waals surface area contributed by atoms with Crippen molar-refractivity contribution in [2.75, 3.05) is 64.2 Å². The lowest BCUT2D eigenvalue weighted by atomic mass is 9.91. The number of aromatic amines is 1. The first-order valence-corrected chi connectivity index (χ1v) is 17.5. The van der Waals surface area contributed by atoms with Gasteiger partial charge in [-0.15, -0.1) is 0 Å². The summed E-state index contributed by atoms with van der Waals surface area (Å²) in [4.78, 5) is 49.6. The molecule has 7 rings (SSSR count). The summed E-state index contributed by atoms with van der Waals surface area (Å²) >= 11 is 0. The molecule has 2 aromatic carbocycles. The molecule has 1 unspecified atom stereocenters. The molecule has 47 heavy (non-hydrogen) atoms. The number of nitrogens with zero attached hydrogens (tertiary/aromatic N) is 5. The number of hydrogen-bond donors (Lipinski definition) is 3. The number of H-pyrrole nitrogens is 1. The number of amides is 4. The van der Waals surface area contributed by atoms with Gasteiger partial charge in [-0.1, -0.05) is 24.3 Å². The first kappa shape index (κ1) is 31.6. The first-order chi connectivity index (χ1) is 22.9. The number of likely N-dealkylation sites (tertiary alicyclic amines) is 2. The van der Waals surface area contributed by atoms with Crippen LogP contribution in [0, 0.1) is 12.8 Å². The maximum absolute atomic E-state index is 14.2. The van der Waals surface area contributed by atoms with E-state index in [0.717, 1.165) is 105 Å². The minimum atomic E-state index is -0.422. The lowest BCUT2D eigenvalue weighted by Crippen LogP contribution is -2.53. The fraction of sp³-hybridized carbons (Fsp3) is 0.556. The fourth-order valence-corrected chi connectivity index (χ4v) is 8.22. The van der Waals surface area contributed by atoms with Crippen LogP contribution in [0.4, 0.5) is 10.5 Å². The zero-order valence-electron chi connectivity index (χ0n) is 27.5. The number of fused-ring (bicyclic) bond motifs is 2. The summed E-state index contributed by atoms with van der Waals surface area (Å²) in [5.74, 6) is -0.293. The molecule has 0 spiro atoms. The molecule has 250 valence electrons. The normalized spacial score (nSPS) is 21.0. The number of hydrogen-bond acceptors (Lipinski definition) is 6. The SMILES string of the molecule is Cc1cc(CC(CC(=O)N2CCC(N3CCc4ccccc4NC3=O)CC2)C(=O)N2CCC(N3CCNCC3)CC2)cc2cn[nH]c12. The third kappa shape index (κ3) is 7.01. The van der Waals surface area contributed by atoms with Gasteiger partial charge >= 0.3 is 6.03 Å². The molecule has 4 aliphatic heterocycles. The Morgan fingerprint density at radius 2 is 1.64 bits per heavy atom. The van der Waals surface area contributed by atoms with E-state index in [9.17, 15) is 14.4 Å². The average Bonchev–Trinajstić information content (AvgIpc) is 3.52. The number of carbonyl (C=O) groups excluding carboxylic acids is 3. The van der Waals surface area contributed by atoms with E-state index in [4.69, 9.17) is 0 Å². The lowest BCUT2D eigenvalue weighted by Gasteiger charge is -2.41. The molecule has 4 amide bonds. The Balaban J connectivity index is 1.00. The summed E-state index contributed by atoms with van der Waals surface area (Å²) in [6.07, 6.45) is 6.80. The number of anilines is 1. The Bertz CT molecular complexity index is 1580. The molecule has 3 aromatic rings. The van der Waals surface area contributed by atoms with E-state index in [1.54, 1.807) is 0 Å². The van der Waals surface area contributed by atoms with Crippen molar-refractivity contribution in [2.45, 2.75) is 64.0 Å². The summed E-state index contributed by atoms with van der Waals surface area (Å²) in [5, 5.41) is 14.8. The second kappa shape index (κ2) is 14.0. The van der Waals surface area contributed by atoms with Crippen LogP contribution in [0.2, 0.25) is 0 Å². The zero-order valence-corrected chi connectivity index (χ0v) is 27.5. The monoisotopic (exact) mass is 640 g/mol. The molecular formula is C36H48N8O3. The average molecular weight is 641 g/mol. The Hall–Kier alpha value is -3.96. The molecule has 11 heteroatoms. The van der Waals surface area contributed by atoms with E-state index < -0.39 is 5.92 Å². The van der Waals surface area contributed by atoms with Crippen LogP contribution in [0.1, 0.15) is 48.8 Å². The van der Waals surface area contributed by atoms with Gasteiger partial charge in [0.1, 0.15) is 0 Å². The topological polar surface area (TPSA) is 117 Å². The predicted octanol–water partition coefficient (Wildman–Crippen LogP) is 3.40. The maximum Gasteiger partial charge on any atom is 0.322 e. The highest BCUT2D eigenvalue weighted by atomic mass is 16.2. The van der Waals surface area contributed by atoms with Crippen LogP contribution >= 0.6 is 0 Å². The number of carbonyl (C=O) groups is 3. The highest BCUT2D eigenvalue weighted by molar-refractivity contribution is 5.91. The maximum atomic E-state index is 14.2. The van der Waals surface area contributed by atoms with Crippen molar-refractivity contribution < 1.29 is 14.4 Å². The minimum Gasteiger partial charge on any atom is -0.343 e. The molecule has 1 atom stereocenters. The molecule has 5 heterocycles. The van der Waals surface area contributed by atoms with Crippen molar-refractivity contribution in [3.05, 3.63) is 59.3 Å². The van der Waals surface area contributed by atoms with Crippen LogP contribution in [0.25, 0.3) is 10.9 Å². The van der Waals surface area contributed by atoms with Gasteiger partial charge in [-0.2, -0.15) is 5.10 Å². The van der Waals surface area contributed by atoms with Gasteiger partial charge in [0, 0.05) is 88.5 Å². The number of urea groups is 1. The largest absolute Gasteiger partial charge is 0.343 e. The molecule has 11 nitrogen and oxygen atoms in total. The smallest absolute Gasteiger partial charge is 0.322 e. The summed E-state index contributed by atoms with van der Waals surface area (Å²) < 4.78 is 0. The molecule has 0 bridgehead atoms. The van der Waals surface area contributed by atoms with E-state index in [0.29, 0.717) is 32.1 Å². The van der Waals surface area contributed by atoms with Crippen LogP contribution in [-0.4, -0.2) is 119 Å². The molecule has 0 radical (unpaired) electrons. The summed E-state index contributed by atoms with van der Waals surface area (Å²) in [7, 11) is 0. The van der Waals surface area contributed by atoms with E-state index in [1.165, 1.54) is 0 Å². The third-order valence-corrected chi connectivity index (χ3v) is 10.9. The molecule has 3 N–H and O–H groups in total. The molecule has 4 aliphatic rings. The second-order valence-corrected chi connectivity index (χ2v) is 13.8. The minimum absolute atomic E-state index is 0.0336.